The maximum Gasteiger partial charge on any atom is 0.252 e. The van der Waals surface area contributed by atoms with Gasteiger partial charge in [0.25, 0.3) is 10.0 Å². The lowest BCUT2D eigenvalue weighted by Crippen LogP contribution is -2.44. The molecule has 1 aliphatic heterocycles. The first-order valence-electron chi connectivity index (χ1n) is 5.73. The minimum atomic E-state index is -3.53. The number of nitrogens with two attached hydrogens (primary N) is 1. The van der Waals surface area contributed by atoms with Crippen molar-refractivity contribution in [3.05, 3.63) is 5.69 Å². The molecule has 8 heteroatoms. The molecule has 2 rings (SSSR count). The van der Waals surface area contributed by atoms with Crippen LogP contribution in [-0.2, 0) is 14.8 Å². The van der Waals surface area contributed by atoms with Gasteiger partial charge in [0.15, 0.2) is 9.34 Å². The van der Waals surface area contributed by atoms with Crippen LogP contribution < -0.4 is 10.5 Å². The topological polar surface area (TPSA) is 94.3 Å². The van der Waals surface area contributed by atoms with Gasteiger partial charge >= 0.3 is 0 Å². The zero-order valence-electron chi connectivity index (χ0n) is 10.3. The lowest BCUT2D eigenvalue weighted by Gasteiger charge is -2.29. The van der Waals surface area contributed by atoms with Gasteiger partial charge in [0, 0.05) is 12.6 Å². The first-order chi connectivity index (χ1) is 8.40. The van der Waals surface area contributed by atoms with Gasteiger partial charge in [-0.05, 0) is 19.3 Å². The quantitative estimate of drug-likeness (QED) is 0.856. The Labute approximate surface area is 111 Å². The number of nitrogen functional groups attached to an aromatic ring is 1. The predicted octanol–water partition coefficient (Wildman–Crippen LogP) is 0.737. The SMILES string of the molecule is Cc1nc(N)sc1S(=O)(=O)NC1CCOCC1C. The molecule has 2 atom stereocenters. The summed E-state index contributed by atoms with van der Waals surface area (Å²) in [5, 5.41) is 0.271. The monoisotopic (exact) mass is 291 g/mol. The van der Waals surface area contributed by atoms with Gasteiger partial charge in [0.1, 0.15) is 0 Å². The zero-order valence-corrected chi connectivity index (χ0v) is 12.0. The summed E-state index contributed by atoms with van der Waals surface area (Å²) >= 11 is 0.996. The molecule has 0 aliphatic carbocycles. The highest BCUT2D eigenvalue weighted by molar-refractivity contribution is 7.91. The highest BCUT2D eigenvalue weighted by Crippen LogP contribution is 2.26. The normalized spacial score (nSPS) is 25.2. The summed E-state index contributed by atoms with van der Waals surface area (Å²) in [7, 11) is -3.53. The molecule has 18 heavy (non-hydrogen) atoms. The summed E-state index contributed by atoms with van der Waals surface area (Å²) in [4.78, 5) is 3.94. The Morgan fingerprint density at radius 1 is 1.56 bits per heavy atom. The molecule has 0 bridgehead atoms. The number of thiazole rings is 1. The van der Waals surface area contributed by atoms with Crippen molar-refractivity contribution in [2.45, 2.75) is 30.5 Å². The zero-order chi connectivity index (χ0) is 13.3. The average molecular weight is 291 g/mol. The number of rotatable bonds is 3. The number of hydrogen-bond donors (Lipinski definition) is 2. The number of hydrogen-bond acceptors (Lipinski definition) is 6. The van der Waals surface area contributed by atoms with Gasteiger partial charge in [-0.1, -0.05) is 18.3 Å². The van der Waals surface area contributed by atoms with Crippen LogP contribution in [0.4, 0.5) is 5.13 Å². The van der Waals surface area contributed by atoms with E-state index in [1.54, 1.807) is 6.92 Å². The molecular weight excluding hydrogens is 274 g/mol. The Morgan fingerprint density at radius 2 is 2.28 bits per heavy atom. The number of aromatic nitrogens is 1. The maximum absolute atomic E-state index is 12.2. The second-order valence-corrected chi connectivity index (χ2v) is 7.43. The fourth-order valence-corrected chi connectivity index (χ4v) is 4.66. The highest BCUT2D eigenvalue weighted by atomic mass is 32.2. The molecular formula is C10H17N3O3S2. The molecule has 2 unspecified atom stereocenters. The molecule has 1 saturated heterocycles. The van der Waals surface area contributed by atoms with E-state index in [4.69, 9.17) is 10.5 Å². The van der Waals surface area contributed by atoms with E-state index in [1.165, 1.54) is 0 Å². The van der Waals surface area contributed by atoms with E-state index < -0.39 is 10.0 Å². The van der Waals surface area contributed by atoms with Crippen molar-refractivity contribution in [2.24, 2.45) is 5.92 Å². The van der Waals surface area contributed by atoms with Crippen molar-refractivity contribution in [3.63, 3.8) is 0 Å². The van der Waals surface area contributed by atoms with Crippen molar-refractivity contribution in [1.82, 2.24) is 9.71 Å². The molecule has 3 N–H and O–H groups in total. The van der Waals surface area contributed by atoms with E-state index in [0.29, 0.717) is 25.3 Å². The van der Waals surface area contributed by atoms with Crippen molar-refractivity contribution in [1.29, 1.82) is 0 Å². The van der Waals surface area contributed by atoms with E-state index >= 15 is 0 Å². The molecule has 2 heterocycles. The third-order valence-corrected chi connectivity index (χ3v) is 6.05. The third-order valence-electron chi connectivity index (χ3n) is 2.96. The van der Waals surface area contributed by atoms with E-state index in [-0.39, 0.29) is 21.3 Å². The fourth-order valence-electron chi connectivity index (χ4n) is 1.96. The molecule has 6 nitrogen and oxygen atoms in total. The number of anilines is 1. The van der Waals surface area contributed by atoms with Crippen LogP contribution in [0.15, 0.2) is 4.21 Å². The summed E-state index contributed by atoms with van der Waals surface area (Å²) in [5.74, 6) is 0.166. The summed E-state index contributed by atoms with van der Waals surface area (Å²) < 4.78 is 32.7. The molecule has 1 aromatic heterocycles. The van der Waals surface area contributed by atoms with Crippen LogP contribution in [-0.4, -0.2) is 32.7 Å². The lowest BCUT2D eigenvalue weighted by atomic mass is 9.99. The Balaban J connectivity index is 2.19. The summed E-state index contributed by atoms with van der Waals surface area (Å²) in [6, 6.07) is -0.0912. The largest absolute Gasteiger partial charge is 0.381 e. The fraction of sp³-hybridized carbons (Fsp3) is 0.700. The average Bonchev–Trinajstić information content (AvgIpc) is 2.62. The molecule has 0 radical (unpaired) electrons. The molecule has 0 spiro atoms. The second-order valence-electron chi connectivity index (χ2n) is 4.49. The van der Waals surface area contributed by atoms with Crippen LogP contribution in [0.1, 0.15) is 19.0 Å². The molecule has 1 aromatic rings. The minimum absolute atomic E-state index is 0.0912. The van der Waals surface area contributed by atoms with Gasteiger partial charge in [-0.3, -0.25) is 0 Å². The number of nitrogens with zero attached hydrogens (tertiary/aromatic N) is 1. The number of sulfonamides is 1. The van der Waals surface area contributed by atoms with Gasteiger partial charge < -0.3 is 10.5 Å². The van der Waals surface area contributed by atoms with Crippen LogP contribution in [0.25, 0.3) is 0 Å². The van der Waals surface area contributed by atoms with Crippen LogP contribution in [0, 0.1) is 12.8 Å². The van der Waals surface area contributed by atoms with Crippen LogP contribution >= 0.6 is 11.3 Å². The van der Waals surface area contributed by atoms with Gasteiger partial charge in [0.05, 0.1) is 12.3 Å². The van der Waals surface area contributed by atoms with Crippen molar-refractivity contribution < 1.29 is 13.2 Å². The molecule has 0 saturated carbocycles. The molecule has 1 aliphatic rings. The number of nitrogens with one attached hydrogen (secondary N) is 1. The highest BCUT2D eigenvalue weighted by Gasteiger charge is 2.29. The first kappa shape index (κ1) is 13.7. The van der Waals surface area contributed by atoms with Crippen molar-refractivity contribution in [3.8, 4) is 0 Å². The van der Waals surface area contributed by atoms with Crippen LogP contribution in [0.5, 0.6) is 0 Å². The van der Waals surface area contributed by atoms with E-state index in [9.17, 15) is 8.42 Å². The summed E-state index contributed by atoms with van der Waals surface area (Å²) in [6.45, 7) is 4.79. The van der Waals surface area contributed by atoms with Crippen LogP contribution in [0.3, 0.4) is 0 Å². The minimum Gasteiger partial charge on any atom is -0.381 e. The molecule has 0 aromatic carbocycles. The molecule has 0 amide bonds. The van der Waals surface area contributed by atoms with Gasteiger partial charge in [-0.15, -0.1) is 0 Å². The number of aryl methyl sites for hydroxylation is 1. The van der Waals surface area contributed by atoms with E-state index in [1.807, 2.05) is 6.92 Å². The number of ether oxygens (including phenoxy) is 1. The van der Waals surface area contributed by atoms with E-state index in [0.717, 1.165) is 11.3 Å². The first-order valence-corrected chi connectivity index (χ1v) is 8.03. The molecule has 102 valence electrons. The van der Waals surface area contributed by atoms with Crippen LogP contribution in [0.2, 0.25) is 0 Å². The summed E-state index contributed by atoms with van der Waals surface area (Å²) in [5.41, 5.74) is 5.98. The standard InChI is InChI=1S/C10H17N3O3S2/c1-6-5-16-4-3-8(6)13-18(14,15)9-7(2)12-10(11)17-9/h6,8,13H,3-5H2,1-2H3,(H2,11,12). The van der Waals surface area contributed by atoms with Crippen molar-refractivity contribution >= 4 is 26.5 Å². The smallest absolute Gasteiger partial charge is 0.252 e. The molecule has 1 fully saturated rings. The Kier molecular flexibility index (Phi) is 3.90. The lowest BCUT2D eigenvalue weighted by molar-refractivity contribution is 0.0450. The third kappa shape index (κ3) is 2.82. The predicted molar refractivity (Wildman–Crippen MR) is 70.0 cm³/mol. The van der Waals surface area contributed by atoms with Crippen molar-refractivity contribution in [2.75, 3.05) is 18.9 Å². The van der Waals surface area contributed by atoms with Gasteiger partial charge in [0.2, 0.25) is 0 Å². The Morgan fingerprint density at radius 3 is 2.83 bits per heavy atom. The van der Waals surface area contributed by atoms with E-state index in [2.05, 4.69) is 9.71 Å². The van der Waals surface area contributed by atoms with Gasteiger partial charge in [-0.2, -0.15) is 0 Å². The maximum atomic E-state index is 12.2. The summed E-state index contributed by atoms with van der Waals surface area (Å²) in [6.07, 6.45) is 0.688. The van der Waals surface area contributed by atoms with Gasteiger partial charge in [-0.25, -0.2) is 18.1 Å². The Hall–Kier alpha value is -0.700. The second kappa shape index (κ2) is 5.12. The Bertz CT molecular complexity index is 526.